The van der Waals surface area contributed by atoms with Crippen LogP contribution in [0, 0.1) is 5.82 Å². The van der Waals surface area contributed by atoms with E-state index in [4.69, 9.17) is 4.74 Å². The molecule has 0 radical (unpaired) electrons. The number of amides is 1. The van der Waals surface area contributed by atoms with E-state index in [2.05, 4.69) is 10.5 Å². The first-order chi connectivity index (χ1) is 17.2. The van der Waals surface area contributed by atoms with Crippen LogP contribution in [0.2, 0.25) is 0 Å². The van der Waals surface area contributed by atoms with Crippen LogP contribution in [0.15, 0.2) is 108 Å². The number of hydrogen-bond donors (Lipinski definition) is 1. The van der Waals surface area contributed by atoms with Gasteiger partial charge in [-0.05, 0) is 50.9 Å². The minimum Gasteiger partial charge on any atom is -0.488 e. The normalized spacial score (nSPS) is 11.2. The van der Waals surface area contributed by atoms with Crippen molar-refractivity contribution < 1.29 is 13.9 Å². The Balaban J connectivity index is 1.35. The fourth-order valence-corrected chi connectivity index (χ4v) is 4.10. The van der Waals surface area contributed by atoms with Gasteiger partial charge in [-0.25, -0.2) is 9.82 Å². The predicted octanol–water partition coefficient (Wildman–Crippen LogP) is 6.40. The Morgan fingerprint density at radius 3 is 2.29 bits per heavy atom. The number of ether oxygens (including phenoxy) is 1. The standard InChI is InChI=1S/C30H23FN2O2/c31-25-15-12-21(13-16-25)20-35-29-17-14-23-7-2-4-11-27(23)28(29)19-32-33-30(34)18-24-9-5-8-22-6-1-3-10-26(22)24/h1-17,19H,18,20H2,(H,33,34)/b32-19+. The molecule has 5 aromatic carbocycles. The molecule has 0 aliphatic carbocycles. The molecule has 0 aliphatic heterocycles. The molecular formula is C30H23FN2O2. The molecule has 0 fully saturated rings. The second-order valence-electron chi connectivity index (χ2n) is 8.22. The highest BCUT2D eigenvalue weighted by molar-refractivity contribution is 6.02. The third kappa shape index (κ3) is 5.20. The van der Waals surface area contributed by atoms with Crippen LogP contribution in [0.5, 0.6) is 5.75 Å². The number of nitrogens with one attached hydrogen (secondary N) is 1. The Labute approximate surface area is 202 Å². The van der Waals surface area contributed by atoms with E-state index >= 15 is 0 Å². The van der Waals surface area contributed by atoms with Crippen molar-refractivity contribution in [2.45, 2.75) is 13.0 Å². The van der Waals surface area contributed by atoms with Crippen molar-refractivity contribution in [3.8, 4) is 5.75 Å². The molecule has 1 N–H and O–H groups in total. The van der Waals surface area contributed by atoms with Gasteiger partial charge in [0.15, 0.2) is 0 Å². The topological polar surface area (TPSA) is 50.7 Å². The molecule has 1 amide bonds. The minimum atomic E-state index is -0.286. The molecule has 0 aliphatic rings. The largest absolute Gasteiger partial charge is 0.488 e. The Morgan fingerprint density at radius 2 is 1.49 bits per heavy atom. The first kappa shape index (κ1) is 22.3. The third-order valence-corrected chi connectivity index (χ3v) is 5.85. The molecule has 5 rings (SSSR count). The summed E-state index contributed by atoms with van der Waals surface area (Å²) in [5.41, 5.74) is 5.21. The van der Waals surface area contributed by atoms with Gasteiger partial charge in [0, 0.05) is 5.56 Å². The zero-order chi connectivity index (χ0) is 24.0. The van der Waals surface area contributed by atoms with Crippen molar-refractivity contribution in [2.75, 3.05) is 0 Å². The van der Waals surface area contributed by atoms with Crippen LogP contribution in [0.3, 0.4) is 0 Å². The zero-order valence-electron chi connectivity index (χ0n) is 18.9. The minimum absolute atomic E-state index is 0.202. The van der Waals surface area contributed by atoms with Crippen LogP contribution in [-0.2, 0) is 17.8 Å². The van der Waals surface area contributed by atoms with E-state index in [1.807, 2.05) is 78.9 Å². The smallest absolute Gasteiger partial charge is 0.244 e. The number of nitrogens with zero attached hydrogens (tertiary/aromatic N) is 1. The number of benzene rings is 5. The summed E-state index contributed by atoms with van der Waals surface area (Å²) in [5.74, 6) is 0.137. The number of carbonyl (C=O) groups excluding carboxylic acids is 1. The van der Waals surface area contributed by atoms with Gasteiger partial charge in [0.25, 0.3) is 0 Å². The summed E-state index contributed by atoms with van der Waals surface area (Å²) in [6, 6.07) is 31.9. The van der Waals surface area contributed by atoms with Crippen molar-refractivity contribution in [2.24, 2.45) is 5.10 Å². The van der Waals surface area contributed by atoms with Crippen LogP contribution in [-0.4, -0.2) is 12.1 Å². The highest BCUT2D eigenvalue weighted by Crippen LogP contribution is 2.27. The molecular weight excluding hydrogens is 439 g/mol. The number of hydrogen-bond acceptors (Lipinski definition) is 3. The number of hydrazone groups is 1. The highest BCUT2D eigenvalue weighted by Gasteiger charge is 2.09. The van der Waals surface area contributed by atoms with Crippen LogP contribution in [0.1, 0.15) is 16.7 Å². The van der Waals surface area contributed by atoms with Crippen LogP contribution in [0.4, 0.5) is 4.39 Å². The van der Waals surface area contributed by atoms with Crippen molar-refractivity contribution >= 4 is 33.7 Å². The van der Waals surface area contributed by atoms with Gasteiger partial charge in [-0.2, -0.15) is 5.10 Å². The molecule has 0 heterocycles. The number of carbonyl (C=O) groups is 1. The van der Waals surface area contributed by atoms with E-state index in [1.54, 1.807) is 18.3 Å². The number of rotatable bonds is 7. The van der Waals surface area contributed by atoms with Crippen molar-refractivity contribution in [1.29, 1.82) is 0 Å². The number of halogens is 1. The summed E-state index contributed by atoms with van der Waals surface area (Å²) >= 11 is 0. The molecule has 0 atom stereocenters. The van der Waals surface area contributed by atoms with Gasteiger partial charge in [-0.3, -0.25) is 4.79 Å². The lowest BCUT2D eigenvalue weighted by atomic mass is 10.0. The molecule has 0 saturated heterocycles. The predicted molar refractivity (Wildman–Crippen MR) is 138 cm³/mol. The fourth-order valence-electron chi connectivity index (χ4n) is 4.10. The summed E-state index contributed by atoms with van der Waals surface area (Å²) < 4.78 is 19.3. The van der Waals surface area contributed by atoms with E-state index in [-0.39, 0.29) is 24.8 Å². The van der Waals surface area contributed by atoms with Gasteiger partial charge in [0.1, 0.15) is 18.2 Å². The molecule has 0 bridgehead atoms. The summed E-state index contributed by atoms with van der Waals surface area (Å²) in [6.07, 6.45) is 1.84. The molecule has 35 heavy (non-hydrogen) atoms. The van der Waals surface area contributed by atoms with E-state index in [0.29, 0.717) is 5.75 Å². The van der Waals surface area contributed by atoms with Crippen LogP contribution >= 0.6 is 0 Å². The van der Waals surface area contributed by atoms with E-state index < -0.39 is 0 Å². The second kappa shape index (κ2) is 10.2. The molecule has 0 saturated carbocycles. The van der Waals surface area contributed by atoms with Crippen molar-refractivity contribution in [3.05, 3.63) is 126 Å². The van der Waals surface area contributed by atoms with Gasteiger partial charge in [0.05, 0.1) is 12.6 Å². The van der Waals surface area contributed by atoms with E-state index in [9.17, 15) is 9.18 Å². The lowest BCUT2D eigenvalue weighted by Gasteiger charge is -2.12. The molecule has 172 valence electrons. The van der Waals surface area contributed by atoms with Crippen LogP contribution < -0.4 is 10.2 Å². The lowest BCUT2D eigenvalue weighted by molar-refractivity contribution is -0.120. The van der Waals surface area contributed by atoms with Gasteiger partial charge in [-0.15, -0.1) is 0 Å². The second-order valence-corrected chi connectivity index (χ2v) is 8.22. The summed E-state index contributed by atoms with van der Waals surface area (Å²) in [7, 11) is 0. The lowest BCUT2D eigenvalue weighted by Crippen LogP contribution is -2.20. The Kier molecular flexibility index (Phi) is 6.48. The fraction of sp³-hybridized carbons (Fsp3) is 0.0667. The quantitative estimate of drug-likeness (QED) is 0.225. The van der Waals surface area contributed by atoms with E-state index in [1.165, 1.54) is 12.1 Å². The molecule has 5 aromatic rings. The first-order valence-corrected chi connectivity index (χ1v) is 11.3. The Hall–Kier alpha value is -4.51. The van der Waals surface area contributed by atoms with Gasteiger partial charge < -0.3 is 4.74 Å². The maximum atomic E-state index is 13.2. The molecule has 0 unspecified atom stereocenters. The van der Waals surface area contributed by atoms with Gasteiger partial charge in [0.2, 0.25) is 5.91 Å². The van der Waals surface area contributed by atoms with Gasteiger partial charge >= 0.3 is 0 Å². The summed E-state index contributed by atoms with van der Waals surface area (Å²) in [5, 5.41) is 8.38. The Bertz CT molecular complexity index is 1520. The first-order valence-electron chi connectivity index (χ1n) is 11.3. The molecule has 4 nitrogen and oxygen atoms in total. The molecule has 0 spiro atoms. The van der Waals surface area contributed by atoms with Crippen LogP contribution in [0.25, 0.3) is 21.5 Å². The zero-order valence-corrected chi connectivity index (χ0v) is 18.9. The molecule has 5 heteroatoms. The monoisotopic (exact) mass is 462 g/mol. The van der Waals surface area contributed by atoms with Gasteiger partial charge in [-0.1, -0.05) is 84.9 Å². The third-order valence-electron chi connectivity index (χ3n) is 5.85. The van der Waals surface area contributed by atoms with E-state index in [0.717, 1.165) is 38.2 Å². The van der Waals surface area contributed by atoms with Crippen molar-refractivity contribution in [3.63, 3.8) is 0 Å². The maximum absolute atomic E-state index is 13.2. The summed E-state index contributed by atoms with van der Waals surface area (Å²) in [6.45, 7) is 0.285. The summed E-state index contributed by atoms with van der Waals surface area (Å²) in [4.78, 5) is 12.6. The SMILES string of the molecule is O=C(Cc1cccc2ccccc12)N/N=C/c1c(OCc2ccc(F)cc2)ccc2ccccc12. The molecule has 0 aromatic heterocycles. The average Bonchev–Trinajstić information content (AvgIpc) is 2.89. The highest BCUT2D eigenvalue weighted by atomic mass is 19.1. The Morgan fingerprint density at radius 1 is 0.800 bits per heavy atom. The van der Waals surface area contributed by atoms with Crippen molar-refractivity contribution in [1.82, 2.24) is 5.43 Å². The maximum Gasteiger partial charge on any atom is 0.244 e. The number of fused-ring (bicyclic) bond motifs is 2. The average molecular weight is 463 g/mol.